The van der Waals surface area contributed by atoms with E-state index in [1.807, 2.05) is 12.1 Å². The summed E-state index contributed by atoms with van der Waals surface area (Å²) in [5.41, 5.74) is 3.62. The molecule has 1 saturated heterocycles. The lowest BCUT2D eigenvalue weighted by atomic mass is 10.1. The number of amides is 2. The zero-order valence-corrected chi connectivity index (χ0v) is 14.3. The number of rotatable bonds is 5. The molecule has 126 valence electrons. The van der Waals surface area contributed by atoms with E-state index in [1.54, 1.807) is 0 Å². The van der Waals surface area contributed by atoms with Gasteiger partial charge in [-0.1, -0.05) is 18.2 Å². The topological polar surface area (TPSA) is 69.0 Å². The molecule has 1 fully saturated rings. The average molecular weight is 337 g/mol. The van der Waals surface area contributed by atoms with Crippen LogP contribution >= 0.6 is 12.4 Å². The van der Waals surface area contributed by atoms with Crippen LogP contribution in [0.5, 0.6) is 0 Å². The molecule has 0 bridgehead atoms. The van der Waals surface area contributed by atoms with Crippen LogP contribution in [-0.2, 0) is 6.42 Å². The summed E-state index contributed by atoms with van der Waals surface area (Å²) < 4.78 is 0. The lowest BCUT2D eigenvalue weighted by Crippen LogP contribution is -2.42. The van der Waals surface area contributed by atoms with Crippen LogP contribution in [0.15, 0.2) is 24.3 Å². The Morgan fingerprint density at radius 2 is 2.13 bits per heavy atom. The van der Waals surface area contributed by atoms with Crippen molar-refractivity contribution in [2.75, 3.05) is 19.6 Å². The summed E-state index contributed by atoms with van der Waals surface area (Å²) in [6.45, 7) is 4.50. The van der Waals surface area contributed by atoms with Crippen molar-refractivity contribution in [1.82, 2.24) is 20.9 Å². The van der Waals surface area contributed by atoms with Crippen molar-refractivity contribution in [2.24, 2.45) is 0 Å². The predicted molar refractivity (Wildman–Crippen MR) is 96.4 cm³/mol. The Kier molecular flexibility index (Phi) is 6.30. The summed E-state index contributed by atoms with van der Waals surface area (Å²) >= 11 is 0. The smallest absolute Gasteiger partial charge is 0.314 e. The molecule has 1 aliphatic rings. The van der Waals surface area contributed by atoms with E-state index in [0.717, 1.165) is 24.9 Å². The number of fused-ring (bicyclic) bond motifs is 1. The van der Waals surface area contributed by atoms with Crippen LogP contribution in [0, 0.1) is 6.92 Å². The van der Waals surface area contributed by atoms with E-state index in [4.69, 9.17) is 0 Å². The third-order valence-electron chi connectivity index (χ3n) is 4.36. The molecule has 0 saturated carbocycles. The number of H-pyrrole nitrogens is 1. The van der Waals surface area contributed by atoms with Gasteiger partial charge in [0.15, 0.2) is 0 Å². The molecular weight excluding hydrogens is 312 g/mol. The van der Waals surface area contributed by atoms with E-state index in [1.165, 1.54) is 23.1 Å². The van der Waals surface area contributed by atoms with Crippen molar-refractivity contribution in [2.45, 2.75) is 32.2 Å². The van der Waals surface area contributed by atoms with Crippen LogP contribution in [-0.4, -0.2) is 36.7 Å². The summed E-state index contributed by atoms with van der Waals surface area (Å²) in [4.78, 5) is 15.2. The quantitative estimate of drug-likeness (QED) is 0.677. The van der Waals surface area contributed by atoms with Gasteiger partial charge in [0.05, 0.1) is 0 Å². The Morgan fingerprint density at radius 3 is 2.91 bits per heavy atom. The number of para-hydroxylation sites is 1. The second-order valence-corrected chi connectivity index (χ2v) is 5.95. The van der Waals surface area contributed by atoms with Crippen molar-refractivity contribution in [1.29, 1.82) is 0 Å². The summed E-state index contributed by atoms with van der Waals surface area (Å²) in [7, 11) is 0. The SMILES string of the molecule is Cc1[nH]c2ccccc2c1CCNC(=O)NC[C@@H]1CCCN1.Cl. The highest BCUT2D eigenvalue weighted by atomic mass is 35.5. The molecule has 23 heavy (non-hydrogen) atoms. The van der Waals surface area contributed by atoms with Crippen LogP contribution in [0.4, 0.5) is 4.79 Å². The predicted octanol–water partition coefficient (Wildman–Crippen LogP) is 2.49. The monoisotopic (exact) mass is 336 g/mol. The minimum Gasteiger partial charge on any atom is -0.358 e. The molecular formula is C17H25ClN4O. The van der Waals surface area contributed by atoms with Crippen molar-refractivity contribution < 1.29 is 4.79 Å². The zero-order chi connectivity index (χ0) is 15.4. The number of halogens is 1. The molecule has 1 aliphatic heterocycles. The number of carbonyl (C=O) groups excluding carboxylic acids is 1. The normalized spacial score (nSPS) is 17.0. The molecule has 2 amide bonds. The number of carbonyl (C=O) groups is 1. The molecule has 1 atom stereocenters. The Labute approximate surface area is 143 Å². The zero-order valence-electron chi connectivity index (χ0n) is 13.4. The van der Waals surface area contributed by atoms with E-state index >= 15 is 0 Å². The lowest BCUT2D eigenvalue weighted by Gasteiger charge is -2.12. The highest BCUT2D eigenvalue weighted by Crippen LogP contribution is 2.21. The number of hydrogen-bond donors (Lipinski definition) is 4. The summed E-state index contributed by atoms with van der Waals surface area (Å²) in [6.07, 6.45) is 3.19. The van der Waals surface area contributed by atoms with Gasteiger partial charge in [0.25, 0.3) is 0 Å². The van der Waals surface area contributed by atoms with Crippen LogP contribution < -0.4 is 16.0 Å². The number of nitrogens with one attached hydrogen (secondary N) is 4. The molecule has 5 nitrogen and oxygen atoms in total. The molecule has 2 heterocycles. The Bertz CT molecular complexity index is 649. The molecule has 2 aromatic rings. The maximum atomic E-state index is 11.8. The van der Waals surface area contributed by atoms with E-state index in [0.29, 0.717) is 19.1 Å². The van der Waals surface area contributed by atoms with Crippen molar-refractivity contribution >= 4 is 29.3 Å². The van der Waals surface area contributed by atoms with Crippen molar-refractivity contribution in [3.63, 3.8) is 0 Å². The fourth-order valence-electron chi connectivity index (χ4n) is 3.17. The molecule has 0 spiro atoms. The van der Waals surface area contributed by atoms with Crippen molar-refractivity contribution in [3.8, 4) is 0 Å². The van der Waals surface area contributed by atoms with Crippen LogP contribution in [0.25, 0.3) is 10.9 Å². The first kappa shape index (κ1) is 17.6. The standard InChI is InChI=1S/C17H24N4O.ClH/c1-12-14(15-6-2-3-7-16(15)21-12)8-10-19-17(22)20-11-13-5-4-9-18-13;/h2-3,6-7,13,18,21H,4-5,8-11H2,1H3,(H2,19,20,22);1H/t13-;/m0./s1. The number of benzene rings is 1. The van der Waals surface area contributed by atoms with Gasteiger partial charge < -0.3 is 20.9 Å². The largest absolute Gasteiger partial charge is 0.358 e. The molecule has 1 aromatic heterocycles. The van der Waals surface area contributed by atoms with Crippen LogP contribution in [0.2, 0.25) is 0 Å². The Morgan fingerprint density at radius 1 is 1.30 bits per heavy atom. The minimum absolute atomic E-state index is 0. The van der Waals surface area contributed by atoms with Crippen LogP contribution in [0.1, 0.15) is 24.1 Å². The maximum absolute atomic E-state index is 11.8. The minimum atomic E-state index is -0.0776. The van der Waals surface area contributed by atoms with Gasteiger partial charge in [-0.3, -0.25) is 0 Å². The Balaban J connectivity index is 0.00000192. The van der Waals surface area contributed by atoms with Gasteiger partial charge in [-0.25, -0.2) is 4.79 Å². The van der Waals surface area contributed by atoms with Crippen molar-refractivity contribution in [3.05, 3.63) is 35.5 Å². The van der Waals surface area contributed by atoms with E-state index in [9.17, 15) is 4.79 Å². The Hall–Kier alpha value is -1.72. The average Bonchev–Trinajstić information content (AvgIpc) is 3.13. The van der Waals surface area contributed by atoms with E-state index in [-0.39, 0.29) is 18.4 Å². The van der Waals surface area contributed by atoms with Gasteiger partial charge in [-0.05, 0) is 44.4 Å². The summed E-state index contributed by atoms with van der Waals surface area (Å²) in [5, 5.41) is 10.5. The number of hydrogen-bond acceptors (Lipinski definition) is 2. The van der Waals surface area contributed by atoms with Gasteiger partial charge in [0.2, 0.25) is 0 Å². The fraction of sp³-hybridized carbons (Fsp3) is 0.471. The van der Waals surface area contributed by atoms with Gasteiger partial charge >= 0.3 is 6.03 Å². The molecule has 0 unspecified atom stereocenters. The number of urea groups is 1. The number of aromatic amines is 1. The van der Waals surface area contributed by atoms with Gasteiger partial charge in [-0.15, -0.1) is 12.4 Å². The third-order valence-corrected chi connectivity index (χ3v) is 4.36. The molecule has 3 rings (SSSR count). The molecule has 1 aromatic carbocycles. The fourth-order valence-corrected chi connectivity index (χ4v) is 3.17. The first-order valence-corrected chi connectivity index (χ1v) is 8.05. The highest BCUT2D eigenvalue weighted by molar-refractivity contribution is 5.85. The van der Waals surface area contributed by atoms with Gasteiger partial charge in [-0.2, -0.15) is 0 Å². The summed E-state index contributed by atoms with van der Waals surface area (Å²) in [5.74, 6) is 0. The first-order chi connectivity index (χ1) is 10.7. The van der Waals surface area contributed by atoms with E-state index < -0.39 is 0 Å². The molecule has 4 N–H and O–H groups in total. The number of aryl methyl sites for hydroxylation is 1. The second kappa shape index (κ2) is 8.22. The summed E-state index contributed by atoms with van der Waals surface area (Å²) in [6, 6.07) is 8.65. The lowest BCUT2D eigenvalue weighted by molar-refractivity contribution is 0.240. The van der Waals surface area contributed by atoms with E-state index in [2.05, 4.69) is 40.0 Å². The van der Waals surface area contributed by atoms with Gasteiger partial charge in [0, 0.05) is 35.7 Å². The molecule has 0 radical (unpaired) electrons. The number of aromatic nitrogens is 1. The maximum Gasteiger partial charge on any atom is 0.314 e. The third kappa shape index (κ3) is 4.39. The highest BCUT2D eigenvalue weighted by Gasteiger charge is 2.14. The molecule has 6 heteroatoms. The second-order valence-electron chi connectivity index (χ2n) is 5.95. The first-order valence-electron chi connectivity index (χ1n) is 8.05. The van der Waals surface area contributed by atoms with Crippen LogP contribution in [0.3, 0.4) is 0 Å². The van der Waals surface area contributed by atoms with Gasteiger partial charge in [0.1, 0.15) is 0 Å². The molecule has 0 aliphatic carbocycles.